The molecule has 112 valence electrons. The summed E-state index contributed by atoms with van der Waals surface area (Å²) in [7, 11) is 1.76. The molecule has 1 atom stereocenters. The van der Waals surface area contributed by atoms with Gasteiger partial charge in [0.25, 0.3) is 0 Å². The summed E-state index contributed by atoms with van der Waals surface area (Å²) in [5.41, 5.74) is 0.846. The van der Waals surface area contributed by atoms with Crippen LogP contribution in [0.2, 0.25) is 0 Å². The van der Waals surface area contributed by atoms with Gasteiger partial charge in [-0.3, -0.25) is 4.68 Å². The first-order valence-corrected chi connectivity index (χ1v) is 6.74. The average molecular weight is 289 g/mol. The number of carbonyl (C=O) groups is 1. The van der Waals surface area contributed by atoms with Crippen LogP contribution in [0.1, 0.15) is 23.9 Å². The van der Waals surface area contributed by atoms with Gasteiger partial charge in [-0.25, -0.2) is 9.78 Å². The third kappa shape index (κ3) is 4.57. The number of aliphatic hydroxyl groups excluding tert-OH is 1. The van der Waals surface area contributed by atoms with Crippen molar-refractivity contribution in [2.24, 2.45) is 7.05 Å². The number of aliphatic hydroxyl groups is 1. The summed E-state index contributed by atoms with van der Waals surface area (Å²) >= 11 is 0. The molecule has 0 radical (unpaired) electrons. The van der Waals surface area contributed by atoms with Crippen LogP contribution in [0, 0.1) is 0 Å². The summed E-state index contributed by atoms with van der Waals surface area (Å²) in [4.78, 5) is 15.6. The summed E-state index contributed by atoms with van der Waals surface area (Å²) in [5, 5.41) is 19.3. The van der Waals surface area contributed by atoms with E-state index in [1.165, 1.54) is 6.33 Å². The van der Waals surface area contributed by atoms with Gasteiger partial charge in [-0.1, -0.05) is 30.3 Å². The Balaban J connectivity index is 1.66. The molecule has 1 unspecified atom stereocenters. The Hall–Kier alpha value is -2.41. The summed E-state index contributed by atoms with van der Waals surface area (Å²) in [6.45, 7) is 0.699. The third-order valence-corrected chi connectivity index (χ3v) is 3.10. The van der Waals surface area contributed by atoms with Gasteiger partial charge in [0.2, 0.25) is 0 Å². The van der Waals surface area contributed by atoms with Gasteiger partial charge in [0.1, 0.15) is 12.2 Å². The van der Waals surface area contributed by atoms with Gasteiger partial charge in [0, 0.05) is 13.6 Å². The van der Waals surface area contributed by atoms with Crippen LogP contribution in [0.15, 0.2) is 36.7 Å². The van der Waals surface area contributed by atoms with Crippen molar-refractivity contribution in [3.05, 3.63) is 48.0 Å². The van der Waals surface area contributed by atoms with E-state index in [1.54, 1.807) is 11.7 Å². The van der Waals surface area contributed by atoms with E-state index in [2.05, 4.69) is 20.7 Å². The minimum atomic E-state index is -0.578. The van der Waals surface area contributed by atoms with Gasteiger partial charge >= 0.3 is 6.03 Å². The highest BCUT2D eigenvalue weighted by Crippen LogP contribution is 2.14. The maximum Gasteiger partial charge on any atom is 0.315 e. The third-order valence-electron chi connectivity index (χ3n) is 3.10. The zero-order valence-corrected chi connectivity index (χ0v) is 11.9. The number of hydrogen-bond donors (Lipinski definition) is 3. The number of amides is 2. The van der Waals surface area contributed by atoms with Crippen molar-refractivity contribution in [3.8, 4) is 0 Å². The van der Waals surface area contributed by atoms with Crippen LogP contribution in [0.25, 0.3) is 0 Å². The standard InChI is InChI=1S/C14H19N5O2/c1-19-13(17-10-18-19)9-16-14(21)15-8-7-12(20)11-5-3-2-4-6-11/h2-6,10,12,20H,7-9H2,1H3,(H2,15,16,21). The molecule has 7 heteroatoms. The lowest BCUT2D eigenvalue weighted by Gasteiger charge is -2.12. The maximum absolute atomic E-state index is 11.6. The number of carbonyl (C=O) groups excluding carboxylic acids is 1. The number of nitrogens with zero attached hydrogens (tertiary/aromatic N) is 3. The number of urea groups is 1. The molecule has 0 spiro atoms. The normalized spacial score (nSPS) is 11.9. The SMILES string of the molecule is Cn1ncnc1CNC(=O)NCCC(O)c1ccccc1. The van der Waals surface area contributed by atoms with Gasteiger partial charge < -0.3 is 15.7 Å². The van der Waals surface area contributed by atoms with Crippen molar-refractivity contribution in [1.82, 2.24) is 25.4 Å². The molecule has 0 bridgehead atoms. The van der Waals surface area contributed by atoms with E-state index in [0.29, 0.717) is 25.3 Å². The fraction of sp³-hybridized carbons (Fsp3) is 0.357. The molecule has 0 saturated carbocycles. The van der Waals surface area contributed by atoms with E-state index in [0.717, 1.165) is 5.56 Å². The first kappa shape index (κ1) is 15.0. The highest BCUT2D eigenvalue weighted by molar-refractivity contribution is 5.73. The van der Waals surface area contributed by atoms with E-state index < -0.39 is 6.10 Å². The Morgan fingerprint density at radius 3 is 2.76 bits per heavy atom. The first-order valence-electron chi connectivity index (χ1n) is 6.74. The van der Waals surface area contributed by atoms with Crippen molar-refractivity contribution in [2.45, 2.75) is 19.1 Å². The summed E-state index contributed by atoms with van der Waals surface area (Å²) in [6.07, 6.45) is 1.32. The summed E-state index contributed by atoms with van der Waals surface area (Å²) < 4.78 is 1.60. The molecule has 1 heterocycles. The zero-order valence-electron chi connectivity index (χ0n) is 11.9. The molecule has 2 amide bonds. The monoisotopic (exact) mass is 289 g/mol. The minimum absolute atomic E-state index is 0.293. The molecule has 0 aliphatic carbocycles. The fourth-order valence-electron chi connectivity index (χ4n) is 1.87. The molecule has 3 N–H and O–H groups in total. The second-order valence-electron chi connectivity index (χ2n) is 4.62. The number of hydrogen-bond acceptors (Lipinski definition) is 4. The van der Waals surface area contributed by atoms with E-state index in [1.807, 2.05) is 30.3 Å². The topological polar surface area (TPSA) is 92.1 Å². The number of nitrogens with one attached hydrogen (secondary N) is 2. The van der Waals surface area contributed by atoms with Crippen LogP contribution in [-0.4, -0.2) is 32.4 Å². The minimum Gasteiger partial charge on any atom is -0.388 e. The predicted octanol–water partition coefficient (Wildman–Crippen LogP) is 0.738. The Morgan fingerprint density at radius 2 is 2.10 bits per heavy atom. The fourth-order valence-corrected chi connectivity index (χ4v) is 1.87. The molecular weight excluding hydrogens is 270 g/mol. The molecule has 1 aromatic carbocycles. The molecule has 2 aromatic rings. The Labute approximate surface area is 123 Å². The molecule has 0 fully saturated rings. The van der Waals surface area contributed by atoms with E-state index in [-0.39, 0.29) is 6.03 Å². The number of benzene rings is 1. The van der Waals surface area contributed by atoms with Crippen molar-refractivity contribution in [3.63, 3.8) is 0 Å². The van der Waals surface area contributed by atoms with E-state index >= 15 is 0 Å². The van der Waals surface area contributed by atoms with Crippen molar-refractivity contribution < 1.29 is 9.90 Å². The molecule has 1 aromatic heterocycles. The second-order valence-corrected chi connectivity index (χ2v) is 4.62. The molecule has 0 aliphatic heterocycles. The Bertz CT molecular complexity index is 570. The largest absolute Gasteiger partial charge is 0.388 e. The van der Waals surface area contributed by atoms with Crippen molar-refractivity contribution >= 4 is 6.03 Å². The molecule has 2 rings (SSSR count). The number of aryl methyl sites for hydroxylation is 1. The lowest BCUT2D eigenvalue weighted by molar-refractivity contribution is 0.167. The van der Waals surface area contributed by atoms with Gasteiger partial charge in [-0.05, 0) is 12.0 Å². The lowest BCUT2D eigenvalue weighted by atomic mass is 10.1. The van der Waals surface area contributed by atoms with Crippen molar-refractivity contribution in [2.75, 3.05) is 6.54 Å². The molecule has 0 aliphatic rings. The van der Waals surface area contributed by atoms with Crippen LogP contribution < -0.4 is 10.6 Å². The van der Waals surface area contributed by atoms with Gasteiger partial charge in [0.05, 0.1) is 12.6 Å². The predicted molar refractivity (Wildman–Crippen MR) is 77.3 cm³/mol. The smallest absolute Gasteiger partial charge is 0.315 e. The second kappa shape index (κ2) is 7.39. The first-order chi connectivity index (χ1) is 10.2. The van der Waals surface area contributed by atoms with Gasteiger partial charge in [-0.15, -0.1) is 0 Å². The van der Waals surface area contributed by atoms with E-state index in [4.69, 9.17) is 0 Å². The Morgan fingerprint density at radius 1 is 1.33 bits per heavy atom. The van der Waals surface area contributed by atoms with Gasteiger partial charge in [-0.2, -0.15) is 5.10 Å². The van der Waals surface area contributed by atoms with E-state index in [9.17, 15) is 9.90 Å². The molecule has 0 saturated heterocycles. The highest BCUT2D eigenvalue weighted by Gasteiger charge is 2.08. The molecule has 7 nitrogen and oxygen atoms in total. The molecular formula is C14H19N5O2. The summed E-state index contributed by atoms with van der Waals surface area (Å²) in [6, 6.07) is 9.07. The number of rotatable bonds is 6. The van der Waals surface area contributed by atoms with Crippen LogP contribution in [0.5, 0.6) is 0 Å². The quantitative estimate of drug-likeness (QED) is 0.731. The van der Waals surface area contributed by atoms with Crippen LogP contribution in [0.3, 0.4) is 0 Å². The lowest BCUT2D eigenvalue weighted by Crippen LogP contribution is -2.36. The van der Waals surface area contributed by atoms with Crippen LogP contribution in [-0.2, 0) is 13.6 Å². The van der Waals surface area contributed by atoms with Gasteiger partial charge in [0.15, 0.2) is 0 Å². The molecule has 21 heavy (non-hydrogen) atoms. The van der Waals surface area contributed by atoms with Crippen LogP contribution >= 0.6 is 0 Å². The number of aromatic nitrogens is 3. The summed E-state index contributed by atoms with van der Waals surface area (Å²) in [5.74, 6) is 0.675. The Kier molecular flexibility index (Phi) is 5.28. The highest BCUT2D eigenvalue weighted by atomic mass is 16.3. The maximum atomic E-state index is 11.6. The van der Waals surface area contributed by atoms with Crippen molar-refractivity contribution in [1.29, 1.82) is 0 Å². The zero-order chi connectivity index (χ0) is 15.1. The van der Waals surface area contributed by atoms with Crippen LogP contribution in [0.4, 0.5) is 4.79 Å². The average Bonchev–Trinajstić information content (AvgIpc) is 2.91.